The first-order valence-electron chi connectivity index (χ1n) is 11.6. The lowest BCUT2D eigenvalue weighted by Crippen LogP contribution is -2.11. The van der Waals surface area contributed by atoms with Gasteiger partial charge in [0, 0.05) is 36.1 Å². The fourth-order valence-electron chi connectivity index (χ4n) is 4.13. The third-order valence-electron chi connectivity index (χ3n) is 5.93. The monoisotopic (exact) mass is 494 g/mol. The van der Waals surface area contributed by atoms with Crippen molar-refractivity contribution in [2.45, 2.75) is 20.4 Å². The van der Waals surface area contributed by atoms with Crippen LogP contribution in [0.3, 0.4) is 0 Å². The normalized spacial score (nSPS) is 11.5. The molecule has 0 saturated heterocycles. The number of ketones is 1. The standard InChI is InChI=1S/C26H22N8OS/c1-3-27-10-15-8-16(12-28-11-15)19-9-17-20(13-30-19)33-34-23(17)26-31-18-6-7-29-25(24(18)32-26)22-5-4-21(36-22)14(2)35/h4-9,11-13,27H,3,10H2,1-2H3,(H,31,32)(H,33,34). The van der Waals surface area contributed by atoms with Crippen LogP contribution in [-0.4, -0.2) is 47.4 Å². The van der Waals surface area contributed by atoms with E-state index in [0.29, 0.717) is 16.4 Å². The van der Waals surface area contributed by atoms with Crippen LogP contribution in [0.4, 0.5) is 0 Å². The minimum absolute atomic E-state index is 0.0379. The molecule has 9 nitrogen and oxygen atoms in total. The summed E-state index contributed by atoms with van der Waals surface area (Å²) in [6, 6.07) is 9.73. The number of nitrogens with one attached hydrogen (secondary N) is 3. The number of aromatic nitrogens is 7. The average Bonchev–Trinajstić information content (AvgIpc) is 3.64. The molecule has 0 aromatic carbocycles. The van der Waals surface area contributed by atoms with Crippen molar-refractivity contribution in [3.8, 4) is 33.3 Å². The molecule has 6 aromatic heterocycles. The molecule has 6 aromatic rings. The van der Waals surface area contributed by atoms with Gasteiger partial charge in [0.2, 0.25) is 0 Å². The highest BCUT2D eigenvalue weighted by atomic mass is 32.1. The smallest absolute Gasteiger partial charge is 0.169 e. The zero-order valence-corrected chi connectivity index (χ0v) is 20.5. The van der Waals surface area contributed by atoms with Crippen molar-refractivity contribution in [1.29, 1.82) is 0 Å². The molecular weight excluding hydrogens is 472 g/mol. The third kappa shape index (κ3) is 3.96. The minimum atomic E-state index is 0.0379. The highest BCUT2D eigenvalue weighted by Gasteiger charge is 2.18. The zero-order chi connectivity index (χ0) is 24.6. The SMILES string of the molecule is CCNCc1cncc(-c2cc3c(-c4nc5c(-c6ccc(C(C)=O)s6)nccc5[nH]4)n[nH]c3cn2)c1. The van der Waals surface area contributed by atoms with Gasteiger partial charge in [-0.25, -0.2) is 4.98 Å². The molecule has 0 unspecified atom stereocenters. The largest absolute Gasteiger partial charge is 0.336 e. The second-order valence-electron chi connectivity index (χ2n) is 8.41. The lowest BCUT2D eigenvalue weighted by Gasteiger charge is -2.05. The number of aromatic amines is 2. The maximum Gasteiger partial charge on any atom is 0.169 e. The number of H-pyrrole nitrogens is 2. The van der Waals surface area contributed by atoms with Crippen LogP contribution in [0.25, 0.3) is 55.3 Å². The molecule has 6 heterocycles. The lowest BCUT2D eigenvalue weighted by molar-refractivity contribution is 0.102. The van der Waals surface area contributed by atoms with Crippen molar-refractivity contribution in [1.82, 2.24) is 40.4 Å². The molecule has 10 heteroatoms. The van der Waals surface area contributed by atoms with Gasteiger partial charge >= 0.3 is 0 Å². The summed E-state index contributed by atoms with van der Waals surface area (Å²) in [6.45, 7) is 5.29. The van der Waals surface area contributed by atoms with Crippen LogP contribution in [-0.2, 0) is 6.54 Å². The van der Waals surface area contributed by atoms with Gasteiger partial charge in [0.1, 0.15) is 16.9 Å². The molecule has 0 aliphatic carbocycles. The van der Waals surface area contributed by atoms with Crippen LogP contribution in [0.1, 0.15) is 29.1 Å². The number of fused-ring (bicyclic) bond motifs is 2. The van der Waals surface area contributed by atoms with Gasteiger partial charge in [-0.05, 0) is 49.4 Å². The van der Waals surface area contributed by atoms with Crippen LogP contribution < -0.4 is 5.32 Å². The number of Topliss-reactive ketones (excluding diaryl/α,β-unsaturated/α-hetero) is 1. The van der Waals surface area contributed by atoms with Crippen molar-refractivity contribution in [2.75, 3.05) is 6.54 Å². The number of thiophene rings is 1. The Morgan fingerprint density at radius 3 is 2.81 bits per heavy atom. The van der Waals surface area contributed by atoms with Crippen LogP contribution in [0.15, 0.2) is 55.1 Å². The van der Waals surface area contributed by atoms with Crippen molar-refractivity contribution >= 4 is 39.1 Å². The summed E-state index contributed by atoms with van der Waals surface area (Å²) < 4.78 is 0. The molecular formula is C26H22N8OS. The van der Waals surface area contributed by atoms with E-state index in [1.807, 2.05) is 36.7 Å². The van der Waals surface area contributed by atoms with Crippen molar-refractivity contribution in [2.24, 2.45) is 0 Å². The zero-order valence-electron chi connectivity index (χ0n) is 19.7. The molecule has 0 saturated carbocycles. The first-order chi connectivity index (χ1) is 17.6. The maximum absolute atomic E-state index is 11.8. The van der Waals surface area contributed by atoms with E-state index in [1.54, 1.807) is 19.3 Å². The maximum atomic E-state index is 11.8. The van der Waals surface area contributed by atoms with Gasteiger partial charge in [0.25, 0.3) is 0 Å². The molecule has 0 fully saturated rings. The first kappa shape index (κ1) is 22.2. The van der Waals surface area contributed by atoms with Gasteiger partial charge in [-0.1, -0.05) is 6.92 Å². The number of imidazole rings is 1. The second-order valence-corrected chi connectivity index (χ2v) is 9.49. The number of nitrogens with zero attached hydrogens (tertiary/aromatic N) is 5. The molecule has 0 aliphatic rings. The quantitative estimate of drug-likeness (QED) is 0.267. The van der Waals surface area contributed by atoms with E-state index in [2.05, 4.69) is 48.4 Å². The van der Waals surface area contributed by atoms with Gasteiger partial charge in [-0.3, -0.25) is 24.8 Å². The van der Waals surface area contributed by atoms with E-state index < -0.39 is 0 Å². The van der Waals surface area contributed by atoms with Crippen molar-refractivity contribution in [3.63, 3.8) is 0 Å². The van der Waals surface area contributed by atoms with Crippen molar-refractivity contribution in [3.05, 3.63) is 65.6 Å². The summed E-state index contributed by atoms with van der Waals surface area (Å²) >= 11 is 1.42. The number of hydrogen-bond donors (Lipinski definition) is 3. The van der Waals surface area contributed by atoms with E-state index in [9.17, 15) is 4.79 Å². The number of hydrogen-bond acceptors (Lipinski definition) is 8. The fraction of sp³-hybridized carbons (Fsp3) is 0.154. The molecule has 3 N–H and O–H groups in total. The van der Waals surface area contributed by atoms with Gasteiger partial charge in [0.15, 0.2) is 11.6 Å². The highest BCUT2D eigenvalue weighted by Crippen LogP contribution is 2.34. The van der Waals surface area contributed by atoms with E-state index in [0.717, 1.165) is 62.4 Å². The number of carbonyl (C=O) groups excluding carboxylic acids is 1. The Bertz CT molecular complexity index is 1730. The fourth-order valence-corrected chi connectivity index (χ4v) is 5.03. The molecule has 6 rings (SSSR count). The average molecular weight is 495 g/mol. The number of rotatable bonds is 7. The second kappa shape index (κ2) is 9.06. The Morgan fingerprint density at radius 1 is 1.06 bits per heavy atom. The molecule has 0 radical (unpaired) electrons. The van der Waals surface area contributed by atoms with E-state index in [-0.39, 0.29) is 5.78 Å². The molecule has 0 atom stereocenters. The summed E-state index contributed by atoms with van der Waals surface area (Å²) in [5, 5.41) is 11.8. The lowest BCUT2D eigenvalue weighted by atomic mass is 10.1. The van der Waals surface area contributed by atoms with Crippen LogP contribution >= 0.6 is 11.3 Å². The summed E-state index contributed by atoms with van der Waals surface area (Å²) in [7, 11) is 0. The first-order valence-corrected chi connectivity index (χ1v) is 12.4. The number of carbonyl (C=O) groups is 1. The van der Waals surface area contributed by atoms with Crippen LogP contribution in [0.2, 0.25) is 0 Å². The molecule has 36 heavy (non-hydrogen) atoms. The Labute approximate surface area is 210 Å². The van der Waals surface area contributed by atoms with Gasteiger partial charge in [0.05, 0.1) is 32.7 Å². The highest BCUT2D eigenvalue weighted by molar-refractivity contribution is 7.17. The van der Waals surface area contributed by atoms with Crippen molar-refractivity contribution < 1.29 is 4.79 Å². The van der Waals surface area contributed by atoms with E-state index in [1.165, 1.54) is 11.3 Å². The van der Waals surface area contributed by atoms with Gasteiger partial charge < -0.3 is 10.3 Å². The predicted octanol–water partition coefficient (Wildman–Crippen LogP) is 5.00. The minimum Gasteiger partial charge on any atom is -0.336 e. The van der Waals surface area contributed by atoms with Crippen LogP contribution in [0, 0.1) is 0 Å². The molecule has 178 valence electrons. The topological polar surface area (TPSA) is 125 Å². The van der Waals surface area contributed by atoms with Gasteiger partial charge in [-0.2, -0.15) is 5.10 Å². The van der Waals surface area contributed by atoms with E-state index >= 15 is 0 Å². The van der Waals surface area contributed by atoms with Gasteiger partial charge in [-0.15, -0.1) is 11.3 Å². The summed E-state index contributed by atoms with van der Waals surface area (Å²) in [5.41, 5.74) is 6.67. The summed E-state index contributed by atoms with van der Waals surface area (Å²) in [5.74, 6) is 0.668. The third-order valence-corrected chi connectivity index (χ3v) is 7.12. The Hall–Kier alpha value is -4.28. The Kier molecular flexibility index (Phi) is 5.59. The molecule has 0 amide bonds. The number of pyridine rings is 3. The summed E-state index contributed by atoms with van der Waals surface area (Å²) in [6.07, 6.45) is 7.20. The molecule has 0 bridgehead atoms. The van der Waals surface area contributed by atoms with E-state index in [4.69, 9.17) is 4.98 Å². The molecule has 0 aliphatic heterocycles. The predicted molar refractivity (Wildman–Crippen MR) is 141 cm³/mol. The summed E-state index contributed by atoms with van der Waals surface area (Å²) in [4.78, 5) is 35.2. The van der Waals surface area contributed by atoms with Crippen LogP contribution in [0.5, 0.6) is 0 Å². The molecule has 0 spiro atoms. The Morgan fingerprint density at radius 2 is 1.97 bits per heavy atom. The Balaban J connectivity index is 1.42.